The summed E-state index contributed by atoms with van der Waals surface area (Å²) in [5, 5.41) is 1.04. The first-order chi connectivity index (χ1) is 8.74. The third kappa shape index (κ3) is 1.82. The van der Waals surface area contributed by atoms with Crippen LogP contribution in [0.25, 0.3) is 11.0 Å². The Hall–Kier alpha value is -2.36. The molecule has 0 aliphatic rings. The van der Waals surface area contributed by atoms with Crippen LogP contribution in [0.5, 0.6) is 0 Å². The normalized spacial score (nSPS) is 10.8. The van der Waals surface area contributed by atoms with Crippen LogP contribution in [0.3, 0.4) is 0 Å². The van der Waals surface area contributed by atoms with Crippen LogP contribution in [0.2, 0.25) is 0 Å². The molecule has 0 atom stereocenters. The van der Waals surface area contributed by atoms with Crippen molar-refractivity contribution in [3.05, 3.63) is 54.6 Å². The molecule has 0 aliphatic heterocycles. The Morgan fingerprint density at radius 2 is 2.06 bits per heavy atom. The third-order valence-electron chi connectivity index (χ3n) is 2.97. The quantitative estimate of drug-likeness (QED) is 0.745. The van der Waals surface area contributed by atoms with Gasteiger partial charge in [0.25, 0.3) is 0 Å². The van der Waals surface area contributed by atoms with Crippen LogP contribution in [0.1, 0.15) is 0 Å². The number of hydrogen-bond acceptors (Lipinski definition) is 2. The molecule has 2 aromatic heterocycles. The minimum Gasteiger partial charge on any atom is -0.346 e. The van der Waals surface area contributed by atoms with Crippen molar-refractivity contribution in [3.8, 4) is 0 Å². The topological polar surface area (TPSA) is 31.9 Å². The molecule has 0 bridgehead atoms. The number of nitrogens with zero attached hydrogens (tertiary/aromatic N) is 2. The molecule has 1 aromatic carbocycles. The number of nitrogens with one attached hydrogen (secondary N) is 1. The highest BCUT2D eigenvalue weighted by Gasteiger charge is 2.06. The van der Waals surface area contributed by atoms with Gasteiger partial charge in [-0.25, -0.2) is 9.37 Å². The summed E-state index contributed by atoms with van der Waals surface area (Å²) in [7, 11) is 1.89. The van der Waals surface area contributed by atoms with Crippen molar-refractivity contribution >= 4 is 22.4 Å². The Morgan fingerprint density at radius 1 is 1.17 bits per heavy atom. The fourth-order valence-electron chi connectivity index (χ4n) is 1.95. The second-order valence-corrected chi connectivity index (χ2v) is 4.15. The molecule has 0 fully saturated rings. The van der Waals surface area contributed by atoms with E-state index in [1.54, 1.807) is 12.3 Å². The summed E-state index contributed by atoms with van der Waals surface area (Å²) in [6.07, 6.45) is 3.62. The van der Waals surface area contributed by atoms with Crippen LogP contribution in [0, 0.1) is 5.82 Å². The molecule has 90 valence electrons. The second-order valence-electron chi connectivity index (χ2n) is 4.15. The summed E-state index contributed by atoms with van der Waals surface area (Å²) >= 11 is 0. The van der Waals surface area contributed by atoms with E-state index in [2.05, 4.69) is 9.97 Å². The van der Waals surface area contributed by atoms with E-state index in [1.165, 1.54) is 12.1 Å². The van der Waals surface area contributed by atoms with Crippen LogP contribution in [-0.2, 0) is 0 Å². The van der Waals surface area contributed by atoms with Crippen molar-refractivity contribution in [1.29, 1.82) is 0 Å². The number of rotatable bonds is 2. The molecule has 0 spiro atoms. The molecule has 0 radical (unpaired) electrons. The highest BCUT2D eigenvalue weighted by atomic mass is 19.1. The number of aromatic nitrogens is 2. The zero-order valence-corrected chi connectivity index (χ0v) is 9.89. The van der Waals surface area contributed by atoms with E-state index in [0.717, 1.165) is 22.4 Å². The Morgan fingerprint density at radius 3 is 2.89 bits per heavy atom. The van der Waals surface area contributed by atoms with Gasteiger partial charge in [0.15, 0.2) is 0 Å². The largest absolute Gasteiger partial charge is 0.346 e. The molecule has 0 saturated heterocycles. The van der Waals surface area contributed by atoms with E-state index in [-0.39, 0.29) is 5.82 Å². The zero-order chi connectivity index (χ0) is 12.5. The van der Waals surface area contributed by atoms with Crippen LogP contribution in [0.15, 0.2) is 48.8 Å². The molecule has 0 saturated carbocycles. The lowest BCUT2D eigenvalue weighted by atomic mass is 10.2. The first kappa shape index (κ1) is 10.8. The minimum absolute atomic E-state index is 0.241. The maximum absolute atomic E-state index is 13.2. The summed E-state index contributed by atoms with van der Waals surface area (Å²) in [5.41, 5.74) is 2.57. The lowest BCUT2D eigenvalue weighted by Gasteiger charge is -2.19. The Labute approximate surface area is 104 Å². The predicted molar refractivity (Wildman–Crippen MR) is 70.6 cm³/mol. The van der Waals surface area contributed by atoms with Gasteiger partial charge in [-0.05, 0) is 30.3 Å². The summed E-state index contributed by atoms with van der Waals surface area (Å²) in [5.74, 6) is -0.241. The molecule has 1 N–H and O–H groups in total. The number of pyridine rings is 1. The zero-order valence-electron chi connectivity index (χ0n) is 9.89. The summed E-state index contributed by atoms with van der Waals surface area (Å²) < 4.78 is 13.2. The minimum atomic E-state index is -0.241. The average Bonchev–Trinajstić information content (AvgIpc) is 2.85. The van der Waals surface area contributed by atoms with Gasteiger partial charge >= 0.3 is 0 Å². The van der Waals surface area contributed by atoms with Gasteiger partial charge in [0.1, 0.15) is 11.5 Å². The lowest BCUT2D eigenvalue weighted by Crippen LogP contribution is -2.09. The summed E-state index contributed by atoms with van der Waals surface area (Å²) in [6.45, 7) is 0. The van der Waals surface area contributed by atoms with Gasteiger partial charge in [-0.15, -0.1) is 0 Å². The molecule has 18 heavy (non-hydrogen) atoms. The number of aromatic amines is 1. The smallest absolute Gasteiger partial charge is 0.137 e. The van der Waals surface area contributed by atoms with Crippen molar-refractivity contribution < 1.29 is 4.39 Å². The second kappa shape index (κ2) is 4.14. The first-order valence-electron chi connectivity index (χ1n) is 5.66. The van der Waals surface area contributed by atoms with Crippen LogP contribution < -0.4 is 4.90 Å². The molecular weight excluding hydrogens is 229 g/mol. The van der Waals surface area contributed by atoms with E-state index >= 15 is 0 Å². The molecule has 0 unspecified atom stereocenters. The van der Waals surface area contributed by atoms with Gasteiger partial charge in [0, 0.05) is 24.3 Å². The maximum atomic E-state index is 13.2. The Kier molecular flexibility index (Phi) is 2.48. The number of hydrogen-bond donors (Lipinski definition) is 1. The van der Waals surface area contributed by atoms with Crippen molar-refractivity contribution in [3.63, 3.8) is 0 Å². The van der Waals surface area contributed by atoms with Gasteiger partial charge in [-0.2, -0.15) is 0 Å². The van der Waals surface area contributed by atoms with Crippen molar-refractivity contribution in [2.24, 2.45) is 0 Å². The molecule has 3 rings (SSSR count). The number of benzene rings is 1. The molecule has 3 nitrogen and oxygen atoms in total. The average molecular weight is 241 g/mol. The molecule has 3 aromatic rings. The predicted octanol–water partition coefficient (Wildman–Crippen LogP) is 3.47. The van der Waals surface area contributed by atoms with Crippen molar-refractivity contribution in [1.82, 2.24) is 9.97 Å². The fraction of sp³-hybridized carbons (Fsp3) is 0.0714. The van der Waals surface area contributed by atoms with E-state index in [4.69, 9.17) is 0 Å². The van der Waals surface area contributed by atoms with E-state index in [1.807, 2.05) is 36.3 Å². The van der Waals surface area contributed by atoms with Crippen molar-refractivity contribution in [2.45, 2.75) is 0 Å². The summed E-state index contributed by atoms with van der Waals surface area (Å²) in [6, 6.07) is 10.5. The van der Waals surface area contributed by atoms with Gasteiger partial charge in [0.05, 0.1) is 11.9 Å². The van der Waals surface area contributed by atoms with Gasteiger partial charge in [-0.3, -0.25) is 0 Å². The van der Waals surface area contributed by atoms with Crippen LogP contribution in [-0.4, -0.2) is 17.0 Å². The molecule has 2 heterocycles. The van der Waals surface area contributed by atoms with Crippen LogP contribution in [0.4, 0.5) is 15.8 Å². The van der Waals surface area contributed by atoms with Gasteiger partial charge in [-0.1, -0.05) is 6.07 Å². The Bertz CT molecular complexity index is 690. The molecule has 4 heteroatoms. The van der Waals surface area contributed by atoms with E-state index in [0.29, 0.717) is 0 Å². The standard InChI is InChI=1S/C14H12FN3/c1-18(12-4-2-3-11(15)8-12)13-7-10-5-6-16-14(10)17-9-13/h2-9H,1H3,(H,16,17). The molecule has 0 aliphatic carbocycles. The lowest BCUT2D eigenvalue weighted by molar-refractivity contribution is 0.628. The number of anilines is 2. The molecular formula is C14H12FN3. The van der Waals surface area contributed by atoms with Crippen LogP contribution >= 0.6 is 0 Å². The van der Waals surface area contributed by atoms with E-state index in [9.17, 15) is 4.39 Å². The fourth-order valence-corrected chi connectivity index (χ4v) is 1.95. The van der Waals surface area contributed by atoms with Gasteiger partial charge < -0.3 is 9.88 Å². The number of H-pyrrole nitrogens is 1. The highest BCUT2D eigenvalue weighted by Crippen LogP contribution is 2.25. The first-order valence-corrected chi connectivity index (χ1v) is 5.66. The van der Waals surface area contributed by atoms with Gasteiger partial charge in [0.2, 0.25) is 0 Å². The maximum Gasteiger partial charge on any atom is 0.137 e. The monoisotopic (exact) mass is 241 g/mol. The third-order valence-corrected chi connectivity index (χ3v) is 2.97. The highest BCUT2D eigenvalue weighted by molar-refractivity contribution is 5.80. The number of fused-ring (bicyclic) bond motifs is 1. The number of halogens is 1. The SMILES string of the molecule is CN(c1cccc(F)c1)c1cnc2[nH]ccc2c1. The Balaban J connectivity index is 2.02. The molecule has 0 amide bonds. The summed E-state index contributed by atoms with van der Waals surface area (Å²) in [4.78, 5) is 9.27. The van der Waals surface area contributed by atoms with E-state index < -0.39 is 0 Å². The van der Waals surface area contributed by atoms with Crippen molar-refractivity contribution in [2.75, 3.05) is 11.9 Å².